The van der Waals surface area contributed by atoms with E-state index in [0.29, 0.717) is 12.1 Å². The number of hydrogen-bond acceptors (Lipinski definition) is 4. The van der Waals surface area contributed by atoms with E-state index < -0.39 is 0 Å². The van der Waals surface area contributed by atoms with Gasteiger partial charge >= 0.3 is 0 Å². The summed E-state index contributed by atoms with van der Waals surface area (Å²) >= 11 is 0. The summed E-state index contributed by atoms with van der Waals surface area (Å²) in [5, 5.41) is 2.04. The van der Waals surface area contributed by atoms with Crippen molar-refractivity contribution >= 4 is 33.5 Å². The first-order valence-electron chi connectivity index (χ1n) is 13.7. The normalized spacial score (nSPS) is 20.1. The fourth-order valence-electron chi connectivity index (χ4n) is 6.37. The minimum Gasteiger partial charge on any atom is -0.438 e. The Morgan fingerprint density at radius 1 is 0.850 bits per heavy atom. The van der Waals surface area contributed by atoms with Crippen molar-refractivity contribution in [2.75, 3.05) is 0 Å². The number of pyridine rings is 1. The van der Waals surface area contributed by atoms with Gasteiger partial charge in [0.1, 0.15) is 5.58 Å². The van der Waals surface area contributed by atoms with E-state index in [1.165, 1.54) is 16.7 Å². The lowest BCUT2D eigenvalue weighted by atomic mass is 9.78. The van der Waals surface area contributed by atoms with Crippen molar-refractivity contribution in [1.29, 1.82) is 0 Å². The van der Waals surface area contributed by atoms with Crippen LogP contribution in [0.5, 0.6) is 0 Å². The van der Waals surface area contributed by atoms with Crippen molar-refractivity contribution in [2.24, 2.45) is 9.98 Å². The summed E-state index contributed by atoms with van der Waals surface area (Å²) in [6, 6.07) is 25.4. The third-order valence-corrected chi connectivity index (χ3v) is 8.20. The fourth-order valence-corrected chi connectivity index (χ4v) is 6.37. The van der Waals surface area contributed by atoms with Crippen LogP contribution in [-0.2, 0) is 6.42 Å². The van der Waals surface area contributed by atoms with Gasteiger partial charge in [0.05, 0.1) is 22.9 Å². The van der Waals surface area contributed by atoms with E-state index in [9.17, 15) is 0 Å². The second kappa shape index (κ2) is 9.73. The molecule has 5 aromatic rings. The van der Waals surface area contributed by atoms with Crippen molar-refractivity contribution in [3.63, 3.8) is 0 Å². The van der Waals surface area contributed by atoms with E-state index in [0.717, 1.165) is 63.0 Å². The number of rotatable bonds is 3. The first-order valence-corrected chi connectivity index (χ1v) is 13.7. The van der Waals surface area contributed by atoms with Gasteiger partial charge in [0.15, 0.2) is 0 Å². The molecule has 7 rings (SSSR count). The molecule has 0 saturated carbocycles. The summed E-state index contributed by atoms with van der Waals surface area (Å²) in [5.41, 5.74) is 11.0. The molecule has 3 aromatic carbocycles. The molecule has 40 heavy (non-hydrogen) atoms. The number of aromatic nitrogens is 1. The predicted octanol–water partition coefficient (Wildman–Crippen LogP) is 8.61. The topological polar surface area (TPSA) is 50.8 Å². The summed E-state index contributed by atoms with van der Waals surface area (Å²) in [7, 11) is 0. The molecular weight excluding hydrogens is 490 g/mol. The third kappa shape index (κ3) is 3.95. The van der Waals surface area contributed by atoms with Gasteiger partial charge in [-0.2, -0.15) is 0 Å². The monoisotopic (exact) mass is 519 g/mol. The first-order chi connectivity index (χ1) is 19.6. The average molecular weight is 520 g/mol. The molecule has 2 aliphatic rings. The smallest absolute Gasteiger partial charge is 0.227 e. The number of allylic oxidation sites excluding steroid dienone is 2. The maximum atomic E-state index is 6.36. The van der Waals surface area contributed by atoms with Gasteiger partial charge in [0.2, 0.25) is 5.71 Å². The highest BCUT2D eigenvalue weighted by Crippen LogP contribution is 2.41. The molecule has 0 radical (unpaired) electrons. The molecular formula is C36H29N3O. The Balaban J connectivity index is 1.41. The summed E-state index contributed by atoms with van der Waals surface area (Å²) in [4.78, 5) is 14.7. The van der Waals surface area contributed by atoms with Gasteiger partial charge in [-0.3, -0.25) is 9.98 Å². The molecule has 194 valence electrons. The molecule has 2 aromatic heterocycles. The molecule has 0 fully saturated rings. The molecule has 4 nitrogen and oxygen atoms in total. The predicted molar refractivity (Wildman–Crippen MR) is 165 cm³/mol. The molecule has 0 bridgehead atoms. The molecule has 2 unspecified atom stereocenters. The van der Waals surface area contributed by atoms with Crippen LogP contribution in [0.25, 0.3) is 33.2 Å². The number of benzene rings is 3. The lowest BCUT2D eigenvalue weighted by molar-refractivity contribution is 0.490. The molecule has 2 aliphatic heterocycles. The molecule has 0 spiro atoms. The summed E-state index contributed by atoms with van der Waals surface area (Å²) in [5.74, 6) is 0.253. The second-order valence-electron chi connectivity index (χ2n) is 10.5. The van der Waals surface area contributed by atoms with E-state index in [-0.39, 0.29) is 12.0 Å². The van der Waals surface area contributed by atoms with Crippen molar-refractivity contribution < 1.29 is 4.42 Å². The Morgan fingerprint density at radius 3 is 2.48 bits per heavy atom. The average Bonchev–Trinajstić information content (AvgIpc) is 3.36. The van der Waals surface area contributed by atoms with Crippen LogP contribution in [0.1, 0.15) is 41.0 Å². The number of fused-ring (bicyclic) bond motifs is 7. The van der Waals surface area contributed by atoms with Gasteiger partial charge in [0, 0.05) is 40.7 Å². The Bertz CT molecular complexity index is 1890. The van der Waals surface area contributed by atoms with Crippen LogP contribution in [0, 0.1) is 0 Å². The zero-order chi connectivity index (χ0) is 27.2. The van der Waals surface area contributed by atoms with Crippen LogP contribution < -0.4 is 0 Å². The van der Waals surface area contributed by atoms with E-state index >= 15 is 0 Å². The van der Waals surface area contributed by atoms with Gasteiger partial charge in [-0.05, 0) is 65.4 Å². The Hall–Kier alpha value is -4.83. The number of nitrogens with zero attached hydrogens (tertiary/aromatic N) is 3. The molecule has 0 saturated heterocycles. The van der Waals surface area contributed by atoms with Crippen molar-refractivity contribution in [3.05, 3.63) is 139 Å². The van der Waals surface area contributed by atoms with Crippen LogP contribution in [-0.4, -0.2) is 22.4 Å². The van der Waals surface area contributed by atoms with Crippen molar-refractivity contribution in [3.8, 4) is 11.1 Å². The fraction of sp³-hybridized carbons (Fsp3) is 0.139. The second-order valence-corrected chi connectivity index (χ2v) is 10.5. The zero-order valence-corrected chi connectivity index (χ0v) is 22.3. The molecule has 4 heteroatoms. The van der Waals surface area contributed by atoms with Crippen molar-refractivity contribution in [1.82, 2.24) is 4.98 Å². The summed E-state index contributed by atoms with van der Waals surface area (Å²) in [6.45, 7) is 12.5. The van der Waals surface area contributed by atoms with Crippen molar-refractivity contribution in [2.45, 2.75) is 31.2 Å². The molecule has 2 atom stereocenters. The quantitative estimate of drug-likeness (QED) is 0.240. The van der Waals surface area contributed by atoms with E-state index in [1.807, 2.05) is 24.4 Å². The maximum absolute atomic E-state index is 6.36. The molecule has 0 aliphatic carbocycles. The maximum Gasteiger partial charge on any atom is 0.227 e. The SMILES string of the molecule is C=CC1=NC2CC(=C)/N=C(/C=C)c3cc4c(cc3CCC2c2ccccc21)oc1nccc(-c2ccccc2)c14. The van der Waals surface area contributed by atoms with Crippen LogP contribution in [0.3, 0.4) is 0 Å². The lowest BCUT2D eigenvalue weighted by Gasteiger charge is -2.32. The minimum absolute atomic E-state index is 0.0549. The number of aryl methyl sites for hydroxylation is 1. The van der Waals surface area contributed by atoms with Gasteiger partial charge in [-0.15, -0.1) is 0 Å². The van der Waals surface area contributed by atoms with Crippen LogP contribution in [0.15, 0.2) is 131 Å². The molecule has 0 N–H and O–H groups in total. The first kappa shape index (κ1) is 24.2. The van der Waals surface area contributed by atoms with Gasteiger partial charge in [0.25, 0.3) is 0 Å². The number of hydrogen-bond donors (Lipinski definition) is 0. The minimum atomic E-state index is 0.0549. The van der Waals surface area contributed by atoms with Crippen LogP contribution >= 0.6 is 0 Å². The largest absolute Gasteiger partial charge is 0.438 e. The van der Waals surface area contributed by atoms with Gasteiger partial charge in [-0.25, -0.2) is 4.98 Å². The molecule has 0 amide bonds. The van der Waals surface area contributed by atoms with Gasteiger partial charge < -0.3 is 4.42 Å². The Morgan fingerprint density at radius 2 is 1.65 bits per heavy atom. The summed E-state index contributed by atoms with van der Waals surface area (Å²) in [6.07, 6.45) is 8.00. The Labute approximate surface area is 233 Å². The van der Waals surface area contributed by atoms with Crippen LogP contribution in [0.4, 0.5) is 0 Å². The number of furan rings is 1. The zero-order valence-electron chi connectivity index (χ0n) is 22.3. The lowest BCUT2D eigenvalue weighted by Crippen LogP contribution is -2.27. The Kier molecular flexibility index (Phi) is 5.89. The molecule has 4 heterocycles. The van der Waals surface area contributed by atoms with E-state index in [2.05, 4.69) is 91.5 Å². The highest BCUT2D eigenvalue weighted by atomic mass is 16.3. The summed E-state index contributed by atoms with van der Waals surface area (Å²) < 4.78 is 6.36. The third-order valence-electron chi connectivity index (χ3n) is 8.20. The van der Waals surface area contributed by atoms with E-state index in [4.69, 9.17) is 14.4 Å². The highest BCUT2D eigenvalue weighted by molar-refractivity contribution is 6.16. The standard InChI is InChI=1S/C36H29N3O/c1-4-31-27-14-10-9-13-26(27)28-16-15-24-20-34-30(21-29(24)32(5-2)38-22(3)19-33(28)39-31)35-25(17-18-37-36(35)40-34)23-11-7-6-8-12-23/h4-14,17-18,20-21,28,33H,1-3,15-16,19H2/b38-32-. The number of aliphatic imine (C=N–C) groups is 2. The van der Waals surface area contributed by atoms with Gasteiger partial charge in [-0.1, -0.05) is 74.3 Å². The van der Waals surface area contributed by atoms with E-state index in [1.54, 1.807) is 0 Å². The van der Waals surface area contributed by atoms with Crippen LogP contribution in [0.2, 0.25) is 0 Å². The highest BCUT2D eigenvalue weighted by Gasteiger charge is 2.31.